The molecule has 1 fully saturated rings. The fourth-order valence-electron chi connectivity index (χ4n) is 3.58. The predicted octanol–water partition coefficient (Wildman–Crippen LogP) is 3.12. The van der Waals surface area contributed by atoms with E-state index in [1.165, 1.54) is 0 Å². The van der Waals surface area contributed by atoms with Gasteiger partial charge in [0, 0.05) is 19.5 Å². The molecule has 0 radical (unpaired) electrons. The normalized spacial score (nSPS) is 18.4. The number of carbonyl (C=O) groups is 2. The molecule has 0 spiro atoms. The molecule has 2 N–H and O–H groups in total. The van der Waals surface area contributed by atoms with Crippen LogP contribution >= 0.6 is 11.8 Å². The van der Waals surface area contributed by atoms with Crippen LogP contribution in [-0.2, 0) is 9.59 Å². The van der Waals surface area contributed by atoms with Crippen molar-refractivity contribution >= 4 is 34.6 Å². The Hall–Kier alpha value is -2.02. The number of nitrogens with zero attached hydrogens (tertiary/aromatic N) is 2. The second kappa shape index (κ2) is 9.26. The number of para-hydroxylation sites is 2. The molecule has 0 saturated carbocycles. The first-order valence-corrected chi connectivity index (χ1v) is 11.0. The van der Waals surface area contributed by atoms with Crippen molar-refractivity contribution in [1.82, 2.24) is 20.2 Å². The third-order valence-corrected chi connectivity index (χ3v) is 5.76. The lowest BCUT2D eigenvalue weighted by molar-refractivity contribution is -0.135. The summed E-state index contributed by atoms with van der Waals surface area (Å²) >= 11 is 1.76. The van der Waals surface area contributed by atoms with Crippen LogP contribution in [0.5, 0.6) is 0 Å². The first kappa shape index (κ1) is 19.7. The lowest BCUT2D eigenvalue weighted by Gasteiger charge is -2.32. The van der Waals surface area contributed by atoms with Gasteiger partial charge in [0.1, 0.15) is 5.82 Å². The van der Waals surface area contributed by atoms with Crippen molar-refractivity contribution in [3.63, 3.8) is 0 Å². The molecule has 1 aliphatic rings. The van der Waals surface area contributed by atoms with Crippen LogP contribution in [0.3, 0.4) is 0 Å². The number of carbonyl (C=O) groups excluding carboxylic acids is 2. The molecule has 1 aromatic heterocycles. The molecule has 1 aromatic carbocycles. The summed E-state index contributed by atoms with van der Waals surface area (Å²) in [6, 6.07) is 7.76. The monoisotopic (exact) mass is 388 g/mol. The molecule has 0 aliphatic carbocycles. The summed E-state index contributed by atoms with van der Waals surface area (Å²) in [6.45, 7) is 3.15. The fourth-order valence-corrected chi connectivity index (χ4v) is 4.05. The number of thioether (sulfide) groups is 1. The fraction of sp³-hybridized carbons (Fsp3) is 0.550. The maximum absolute atomic E-state index is 12.9. The highest BCUT2D eigenvalue weighted by Gasteiger charge is 2.29. The molecule has 2 amide bonds. The Morgan fingerprint density at radius 2 is 2.22 bits per heavy atom. The summed E-state index contributed by atoms with van der Waals surface area (Å²) in [4.78, 5) is 34.8. The first-order chi connectivity index (χ1) is 13.1. The van der Waals surface area contributed by atoms with Crippen LogP contribution < -0.4 is 5.32 Å². The second-order valence-electron chi connectivity index (χ2n) is 7.01. The van der Waals surface area contributed by atoms with Crippen molar-refractivity contribution in [3.05, 3.63) is 30.1 Å². The summed E-state index contributed by atoms with van der Waals surface area (Å²) in [5.74, 6) is 1.75. The molecule has 2 heterocycles. The number of nitrogens with one attached hydrogen (secondary N) is 2. The van der Waals surface area contributed by atoms with Gasteiger partial charge >= 0.3 is 0 Å². The van der Waals surface area contributed by atoms with E-state index in [0.717, 1.165) is 48.4 Å². The van der Waals surface area contributed by atoms with Gasteiger partial charge in [-0.1, -0.05) is 19.1 Å². The average Bonchev–Trinajstić information content (AvgIpc) is 3.14. The van der Waals surface area contributed by atoms with Crippen molar-refractivity contribution in [1.29, 1.82) is 0 Å². The minimum Gasteiger partial charge on any atom is -0.346 e. The number of hydrogen-bond donors (Lipinski definition) is 2. The summed E-state index contributed by atoms with van der Waals surface area (Å²) in [6.07, 6.45) is 5.08. The quantitative estimate of drug-likeness (QED) is 0.764. The standard InChI is InChI=1S/C20H28N4O2S/c1-3-18(25)24-11-6-7-14(13-24)20(26)23-17(10-12-27-2)19-21-15-8-4-5-9-16(15)22-19/h4-5,8-9,14,17H,3,6-7,10-13H2,1-2H3,(H,21,22)(H,23,26)/t14-,17-/m0/s1. The van der Waals surface area contributed by atoms with Gasteiger partial charge in [0.2, 0.25) is 11.8 Å². The Morgan fingerprint density at radius 3 is 2.96 bits per heavy atom. The van der Waals surface area contributed by atoms with E-state index < -0.39 is 0 Å². The molecule has 146 valence electrons. The number of imidazole rings is 1. The van der Waals surface area contributed by atoms with Crippen LogP contribution in [0.15, 0.2) is 24.3 Å². The van der Waals surface area contributed by atoms with Crippen LogP contribution in [0.25, 0.3) is 11.0 Å². The zero-order chi connectivity index (χ0) is 19.2. The Kier molecular flexibility index (Phi) is 6.77. The topological polar surface area (TPSA) is 78.1 Å². The molecule has 2 aromatic rings. The third kappa shape index (κ3) is 4.83. The van der Waals surface area contributed by atoms with Crippen molar-refractivity contribution in [2.75, 3.05) is 25.1 Å². The third-order valence-electron chi connectivity index (χ3n) is 5.11. The van der Waals surface area contributed by atoms with Crippen LogP contribution in [0, 0.1) is 5.92 Å². The van der Waals surface area contributed by atoms with E-state index in [-0.39, 0.29) is 23.8 Å². The number of H-pyrrole nitrogens is 1. The van der Waals surface area contributed by atoms with Crippen molar-refractivity contribution in [2.24, 2.45) is 5.92 Å². The molecular weight excluding hydrogens is 360 g/mol. The molecule has 27 heavy (non-hydrogen) atoms. The Labute approximate surface area is 164 Å². The minimum atomic E-state index is -0.144. The van der Waals surface area contributed by atoms with Crippen LogP contribution in [0.2, 0.25) is 0 Å². The van der Waals surface area contributed by atoms with E-state index in [1.54, 1.807) is 11.8 Å². The van der Waals surface area contributed by atoms with Gasteiger partial charge < -0.3 is 15.2 Å². The summed E-state index contributed by atoms with van der Waals surface area (Å²) in [5.41, 5.74) is 1.89. The van der Waals surface area contributed by atoms with Crippen molar-refractivity contribution < 1.29 is 9.59 Å². The van der Waals surface area contributed by atoms with Gasteiger partial charge in [-0.2, -0.15) is 11.8 Å². The van der Waals surface area contributed by atoms with Crippen LogP contribution in [0.1, 0.15) is 44.5 Å². The number of aromatic nitrogens is 2. The molecule has 0 unspecified atom stereocenters. The maximum atomic E-state index is 12.9. The number of piperidine rings is 1. The highest BCUT2D eigenvalue weighted by molar-refractivity contribution is 7.98. The average molecular weight is 389 g/mol. The van der Waals surface area contributed by atoms with Gasteiger partial charge in [-0.25, -0.2) is 4.98 Å². The van der Waals surface area contributed by atoms with E-state index in [0.29, 0.717) is 13.0 Å². The lowest BCUT2D eigenvalue weighted by Crippen LogP contribution is -2.46. The zero-order valence-electron chi connectivity index (χ0n) is 16.0. The highest BCUT2D eigenvalue weighted by atomic mass is 32.2. The number of rotatable bonds is 7. The SMILES string of the molecule is CCC(=O)N1CCC[C@H](C(=O)N[C@@H](CCSC)c2nc3ccccc3[nH]2)C1. The predicted molar refractivity (Wildman–Crippen MR) is 110 cm³/mol. The largest absolute Gasteiger partial charge is 0.346 e. The minimum absolute atomic E-state index is 0.0233. The van der Waals surface area contributed by atoms with E-state index in [4.69, 9.17) is 0 Å². The highest BCUT2D eigenvalue weighted by Crippen LogP contribution is 2.23. The number of hydrogen-bond acceptors (Lipinski definition) is 4. The van der Waals surface area contributed by atoms with Crippen molar-refractivity contribution in [2.45, 2.75) is 38.6 Å². The maximum Gasteiger partial charge on any atom is 0.225 e. The molecule has 2 atom stereocenters. The first-order valence-electron chi connectivity index (χ1n) is 9.64. The molecule has 1 saturated heterocycles. The Bertz CT molecular complexity index is 758. The van der Waals surface area contributed by atoms with Crippen LogP contribution in [0.4, 0.5) is 0 Å². The summed E-state index contributed by atoms with van der Waals surface area (Å²) in [5, 5.41) is 3.19. The van der Waals surface area contributed by atoms with Crippen molar-refractivity contribution in [3.8, 4) is 0 Å². The smallest absolute Gasteiger partial charge is 0.225 e. The van der Waals surface area contributed by atoms with Gasteiger partial charge in [-0.05, 0) is 43.4 Å². The summed E-state index contributed by atoms with van der Waals surface area (Å²) in [7, 11) is 0. The number of amides is 2. The molecular formula is C20H28N4O2S. The van der Waals surface area contributed by atoms with Crippen LogP contribution in [-0.4, -0.2) is 51.8 Å². The van der Waals surface area contributed by atoms with E-state index >= 15 is 0 Å². The van der Waals surface area contributed by atoms with Gasteiger partial charge in [0.25, 0.3) is 0 Å². The zero-order valence-corrected chi connectivity index (χ0v) is 16.8. The van der Waals surface area contributed by atoms with E-state index in [1.807, 2.05) is 36.1 Å². The van der Waals surface area contributed by atoms with E-state index in [9.17, 15) is 9.59 Å². The number of aromatic amines is 1. The van der Waals surface area contributed by atoms with Gasteiger partial charge in [-0.15, -0.1) is 0 Å². The van der Waals surface area contributed by atoms with Gasteiger partial charge in [-0.3, -0.25) is 9.59 Å². The summed E-state index contributed by atoms with van der Waals surface area (Å²) < 4.78 is 0. The molecule has 1 aliphatic heterocycles. The lowest BCUT2D eigenvalue weighted by atomic mass is 9.96. The Morgan fingerprint density at radius 1 is 1.41 bits per heavy atom. The van der Waals surface area contributed by atoms with Gasteiger partial charge in [0.15, 0.2) is 0 Å². The number of fused-ring (bicyclic) bond motifs is 1. The van der Waals surface area contributed by atoms with Gasteiger partial charge in [0.05, 0.1) is 23.0 Å². The number of benzene rings is 1. The Balaban J connectivity index is 1.71. The number of likely N-dealkylation sites (tertiary alicyclic amines) is 1. The molecule has 6 nitrogen and oxygen atoms in total. The molecule has 7 heteroatoms. The molecule has 3 rings (SSSR count). The van der Waals surface area contributed by atoms with E-state index in [2.05, 4.69) is 21.5 Å². The second-order valence-corrected chi connectivity index (χ2v) is 8.00. The molecule has 0 bridgehead atoms.